The molecule has 31 heavy (non-hydrogen) atoms. The molecule has 2 aliphatic rings. The van der Waals surface area contributed by atoms with Crippen molar-refractivity contribution in [1.82, 2.24) is 15.5 Å². The number of anilines is 1. The zero-order chi connectivity index (χ0) is 21.8. The molecule has 2 fully saturated rings. The van der Waals surface area contributed by atoms with Crippen molar-refractivity contribution in [2.45, 2.75) is 31.7 Å². The van der Waals surface area contributed by atoms with Gasteiger partial charge in [-0.3, -0.25) is 29.4 Å². The number of carbonyl (C=O) groups is 4. The van der Waals surface area contributed by atoms with Crippen LogP contribution in [0.3, 0.4) is 0 Å². The third-order valence-corrected chi connectivity index (χ3v) is 6.50. The molecule has 1 atom stereocenters. The van der Waals surface area contributed by atoms with E-state index >= 15 is 0 Å². The highest BCUT2D eigenvalue weighted by Crippen LogP contribution is 2.35. The molecule has 0 bridgehead atoms. The average Bonchev–Trinajstić information content (AvgIpc) is 3.41. The highest BCUT2D eigenvalue weighted by molar-refractivity contribution is 7.20. The minimum Gasteiger partial charge on any atom is -0.340 e. The van der Waals surface area contributed by atoms with Crippen LogP contribution in [0, 0.1) is 0 Å². The van der Waals surface area contributed by atoms with Gasteiger partial charge in [-0.1, -0.05) is 30.3 Å². The van der Waals surface area contributed by atoms with Crippen molar-refractivity contribution in [3.63, 3.8) is 0 Å². The van der Waals surface area contributed by atoms with Crippen molar-refractivity contribution in [2.24, 2.45) is 0 Å². The highest BCUT2D eigenvalue weighted by atomic mass is 32.1. The molecule has 4 amide bonds. The number of benzene rings is 1. The molecule has 3 N–H and O–H groups in total. The van der Waals surface area contributed by atoms with Crippen LogP contribution >= 0.6 is 11.3 Å². The Balaban J connectivity index is 1.54. The number of piperidine rings is 1. The summed E-state index contributed by atoms with van der Waals surface area (Å²) in [5, 5.41) is 8.28. The van der Waals surface area contributed by atoms with Crippen molar-refractivity contribution in [2.75, 3.05) is 25.0 Å². The maximum Gasteiger partial charge on any atom is 0.254 e. The summed E-state index contributed by atoms with van der Waals surface area (Å²) >= 11 is 1.32. The molecule has 0 saturated carbocycles. The van der Waals surface area contributed by atoms with Crippen LogP contribution in [0.4, 0.5) is 5.00 Å². The summed E-state index contributed by atoms with van der Waals surface area (Å²) < 4.78 is 0. The Labute approximate surface area is 184 Å². The number of carbonyl (C=O) groups excluding carboxylic acids is 4. The van der Waals surface area contributed by atoms with E-state index in [2.05, 4.69) is 20.9 Å². The third kappa shape index (κ3) is 5.18. The Hall–Kier alpha value is -3.04. The van der Waals surface area contributed by atoms with Crippen molar-refractivity contribution < 1.29 is 19.2 Å². The first-order valence-corrected chi connectivity index (χ1v) is 11.2. The molecule has 1 unspecified atom stereocenters. The first-order valence-electron chi connectivity index (χ1n) is 10.4. The summed E-state index contributed by atoms with van der Waals surface area (Å²) in [6.07, 6.45) is 2.60. The van der Waals surface area contributed by atoms with Crippen molar-refractivity contribution in [3.05, 3.63) is 42.0 Å². The summed E-state index contributed by atoms with van der Waals surface area (Å²) in [7, 11) is 0. The molecule has 2 aliphatic heterocycles. The summed E-state index contributed by atoms with van der Waals surface area (Å²) in [5.41, 5.74) is 1.24. The molecule has 2 saturated heterocycles. The van der Waals surface area contributed by atoms with Gasteiger partial charge >= 0.3 is 0 Å². The second-order valence-corrected chi connectivity index (χ2v) is 8.78. The molecule has 4 rings (SSSR count). The van der Waals surface area contributed by atoms with E-state index in [0.29, 0.717) is 10.6 Å². The molecule has 0 spiro atoms. The summed E-state index contributed by atoms with van der Waals surface area (Å²) in [6.45, 7) is 2.08. The third-order valence-electron chi connectivity index (χ3n) is 5.40. The van der Waals surface area contributed by atoms with E-state index in [1.54, 1.807) is 6.07 Å². The lowest BCUT2D eigenvalue weighted by Crippen LogP contribution is -2.52. The largest absolute Gasteiger partial charge is 0.340 e. The standard InChI is InChI=1S/C22H24N4O4S/c27-18-9-8-16(21(30)24-18)23-20(29)15-12-17(14-6-2-1-3-7-14)31-22(15)25-19(28)13-26-10-4-5-11-26/h1-3,6-7,12,16H,4-5,8-11,13H2,(H,23,29)(H,25,28)(H,24,27,30). The Morgan fingerprint density at radius 2 is 1.87 bits per heavy atom. The van der Waals surface area contributed by atoms with Gasteiger partial charge in [0.05, 0.1) is 12.1 Å². The van der Waals surface area contributed by atoms with Crippen molar-refractivity contribution in [1.29, 1.82) is 0 Å². The fourth-order valence-electron chi connectivity index (χ4n) is 3.77. The van der Waals surface area contributed by atoms with E-state index < -0.39 is 17.9 Å². The Morgan fingerprint density at radius 1 is 1.13 bits per heavy atom. The number of likely N-dealkylation sites (tertiary alicyclic amines) is 1. The number of thiophene rings is 1. The Morgan fingerprint density at radius 3 is 2.58 bits per heavy atom. The van der Waals surface area contributed by atoms with Crippen LogP contribution < -0.4 is 16.0 Å². The Kier molecular flexibility index (Phi) is 6.43. The van der Waals surface area contributed by atoms with Gasteiger partial charge in [-0.25, -0.2) is 0 Å². The topological polar surface area (TPSA) is 108 Å². The molecule has 0 radical (unpaired) electrons. The van der Waals surface area contributed by atoms with Gasteiger partial charge in [0.1, 0.15) is 11.0 Å². The Bertz CT molecular complexity index is 998. The average molecular weight is 441 g/mol. The van der Waals surface area contributed by atoms with Crippen molar-refractivity contribution in [3.8, 4) is 10.4 Å². The fraction of sp³-hybridized carbons (Fsp3) is 0.364. The van der Waals surface area contributed by atoms with Gasteiger partial charge in [-0.15, -0.1) is 11.3 Å². The lowest BCUT2D eigenvalue weighted by atomic mass is 10.1. The lowest BCUT2D eigenvalue weighted by molar-refractivity contribution is -0.134. The number of hydrogen-bond acceptors (Lipinski definition) is 6. The second kappa shape index (κ2) is 9.40. The molecule has 1 aromatic heterocycles. The number of nitrogens with one attached hydrogen (secondary N) is 3. The molecule has 162 valence electrons. The van der Waals surface area contributed by atoms with Gasteiger partial charge in [-0.2, -0.15) is 0 Å². The SMILES string of the molecule is O=C1CCC(NC(=O)c2cc(-c3ccccc3)sc2NC(=O)CN2CCCC2)C(=O)N1. The number of amides is 4. The first kappa shape index (κ1) is 21.2. The number of nitrogens with zero attached hydrogens (tertiary/aromatic N) is 1. The molecule has 3 heterocycles. The van der Waals surface area contributed by atoms with Crippen LogP contribution in [0.2, 0.25) is 0 Å². The van der Waals surface area contributed by atoms with Gasteiger partial charge in [0.2, 0.25) is 17.7 Å². The molecule has 0 aliphatic carbocycles. The predicted molar refractivity (Wildman–Crippen MR) is 118 cm³/mol. The van der Waals surface area contributed by atoms with Crippen LogP contribution in [0.15, 0.2) is 36.4 Å². The maximum atomic E-state index is 13.0. The zero-order valence-corrected chi connectivity index (χ0v) is 17.8. The lowest BCUT2D eigenvalue weighted by Gasteiger charge is -2.21. The van der Waals surface area contributed by atoms with E-state index in [0.717, 1.165) is 36.4 Å². The van der Waals surface area contributed by atoms with E-state index in [-0.39, 0.29) is 31.2 Å². The van der Waals surface area contributed by atoms with Crippen LogP contribution in [-0.4, -0.2) is 54.2 Å². The minimum atomic E-state index is -0.779. The van der Waals surface area contributed by atoms with E-state index in [4.69, 9.17) is 0 Å². The van der Waals surface area contributed by atoms with Gasteiger partial charge in [0.15, 0.2) is 0 Å². The van der Waals surface area contributed by atoms with Crippen LogP contribution in [0.25, 0.3) is 10.4 Å². The summed E-state index contributed by atoms with van der Waals surface area (Å²) in [5.74, 6) is -1.47. The monoisotopic (exact) mass is 440 g/mol. The van der Waals surface area contributed by atoms with Gasteiger partial charge in [-0.05, 0) is 44.0 Å². The van der Waals surface area contributed by atoms with Gasteiger partial charge in [0, 0.05) is 11.3 Å². The maximum absolute atomic E-state index is 13.0. The summed E-state index contributed by atoms with van der Waals surface area (Å²) in [6, 6.07) is 10.5. The van der Waals surface area contributed by atoms with Crippen LogP contribution in [0.1, 0.15) is 36.0 Å². The van der Waals surface area contributed by atoms with Gasteiger partial charge in [0.25, 0.3) is 5.91 Å². The van der Waals surface area contributed by atoms with Crippen LogP contribution in [0.5, 0.6) is 0 Å². The number of rotatable bonds is 6. The van der Waals surface area contributed by atoms with E-state index in [1.807, 2.05) is 30.3 Å². The zero-order valence-electron chi connectivity index (χ0n) is 17.0. The second-order valence-electron chi connectivity index (χ2n) is 7.73. The molecular weight excluding hydrogens is 416 g/mol. The normalized spacial score (nSPS) is 19.2. The van der Waals surface area contributed by atoms with E-state index in [1.165, 1.54) is 11.3 Å². The quantitative estimate of drug-likeness (QED) is 0.596. The highest BCUT2D eigenvalue weighted by Gasteiger charge is 2.29. The van der Waals surface area contributed by atoms with Gasteiger partial charge < -0.3 is 10.6 Å². The molecule has 1 aromatic carbocycles. The van der Waals surface area contributed by atoms with Crippen molar-refractivity contribution >= 4 is 40.0 Å². The smallest absolute Gasteiger partial charge is 0.254 e. The fourth-order valence-corrected chi connectivity index (χ4v) is 4.85. The van der Waals surface area contributed by atoms with E-state index in [9.17, 15) is 19.2 Å². The van der Waals surface area contributed by atoms with Crippen LogP contribution in [-0.2, 0) is 14.4 Å². The minimum absolute atomic E-state index is 0.168. The molecular formula is C22H24N4O4S. The summed E-state index contributed by atoms with van der Waals surface area (Å²) in [4.78, 5) is 51.9. The predicted octanol–water partition coefficient (Wildman–Crippen LogP) is 1.98. The molecule has 9 heteroatoms. The first-order chi connectivity index (χ1) is 15.0. The molecule has 2 aromatic rings. The number of hydrogen-bond donors (Lipinski definition) is 3. The molecule has 8 nitrogen and oxygen atoms in total. The number of imide groups is 1.